The number of hydrogen-bond acceptors (Lipinski definition) is 2. The summed E-state index contributed by atoms with van der Waals surface area (Å²) in [7, 11) is 0. The summed E-state index contributed by atoms with van der Waals surface area (Å²) < 4.78 is 13.2. The molecule has 2 fully saturated rings. The number of quaternary nitrogens is 1. The summed E-state index contributed by atoms with van der Waals surface area (Å²) in [5.41, 5.74) is 2.50. The van der Waals surface area contributed by atoms with Gasteiger partial charge in [0.25, 0.3) is 5.91 Å². The van der Waals surface area contributed by atoms with Gasteiger partial charge in [0, 0.05) is 30.5 Å². The third kappa shape index (κ3) is 2.34. The van der Waals surface area contributed by atoms with Crippen LogP contribution in [0.15, 0.2) is 42.5 Å². The summed E-state index contributed by atoms with van der Waals surface area (Å²) in [6.07, 6.45) is 2.79. The molecule has 5 rings (SSSR count). The van der Waals surface area contributed by atoms with E-state index in [0.717, 1.165) is 36.2 Å². The van der Waals surface area contributed by atoms with E-state index >= 15 is 0 Å². The molecule has 0 bridgehead atoms. The molecule has 4 atom stereocenters. The second kappa shape index (κ2) is 6.14. The first-order chi connectivity index (χ1) is 13.5. The number of hydrogen-bond donors (Lipinski definition) is 3. The highest BCUT2D eigenvalue weighted by Crippen LogP contribution is 2.46. The number of fused-ring (bicyclic) bond motifs is 4. The Labute approximate surface area is 162 Å². The van der Waals surface area contributed by atoms with Crippen molar-refractivity contribution in [3.8, 4) is 0 Å². The predicted molar refractivity (Wildman–Crippen MR) is 103 cm³/mol. The molecule has 3 N–H and O–H groups in total. The van der Waals surface area contributed by atoms with Gasteiger partial charge in [-0.3, -0.25) is 9.59 Å². The van der Waals surface area contributed by atoms with Gasteiger partial charge < -0.3 is 15.5 Å². The molecule has 2 aromatic rings. The SMILES string of the molecule is Cc1ccc2c(c1)[C@@]1(C(=O)N2)[C@@H](C(=O)Nc2ccc(F)cc2)C[C@@H]2CCC[NH+]21. The van der Waals surface area contributed by atoms with E-state index in [4.69, 9.17) is 0 Å². The van der Waals surface area contributed by atoms with Crippen molar-refractivity contribution in [3.63, 3.8) is 0 Å². The first kappa shape index (κ1) is 17.4. The average Bonchev–Trinajstić information content (AvgIpc) is 3.32. The van der Waals surface area contributed by atoms with Crippen molar-refractivity contribution in [2.45, 2.75) is 37.8 Å². The number of halogens is 1. The number of rotatable bonds is 2. The lowest BCUT2D eigenvalue weighted by Gasteiger charge is -2.33. The number of amides is 2. The number of aryl methyl sites for hydroxylation is 1. The molecule has 144 valence electrons. The molecule has 3 heterocycles. The fraction of sp³-hybridized carbons (Fsp3) is 0.364. The van der Waals surface area contributed by atoms with Gasteiger partial charge in [0.2, 0.25) is 11.4 Å². The van der Waals surface area contributed by atoms with E-state index in [2.05, 4.69) is 16.7 Å². The van der Waals surface area contributed by atoms with Crippen molar-refractivity contribution >= 4 is 23.2 Å². The Morgan fingerprint density at radius 2 is 2.04 bits per heavy atom. The minimum absolute atomic E-state index is 0.0771. The molecule has 2 aromatic carbocycles. The Balaban J connectivity index is 1.58. The molecule has 1 unspecified atom stereocenters. The molecule has 2 amide bonds. The predicted octanol–water partition coefficient (Wildman–Crippen LogP) is 1.99. The van der Waals surface area contributed by atoms with Crippen LogP contribution in [0.2, 0.25) is 0 Å². The highest BCUT2D eigenvalue weighted by Gasteiger charge is 2.69. The van der Waals surface area contributed by atoms with Gasteiger partial charge in [0.1, 0.15) is 11.7 Å². The van der Waals surface area contributed by atoms with Crippen molar-refractivity contribution in [1.82, 2.24) is 0 Å². The number of benzene rings is 2. The Morgan fingerprint density at radius 3 is 2.82 bits per heavy atom. The fourth-order valence-electron chi connectivity index (χ4n) is 5.55. The van der Waals surface area contributed by atoms with Crippen LogP contribution in [0.25, 0.3) is 0 Å². The van der Waals surface area contributed by atoms with Crippen molar-refractivity contribution in [2.24, 2.45) is 5.92 Å². The van der Waals surface area contributed by atoms with Gasteiger partial charge in [0.15, 0.2) is 0 Å². The van der Waals surface area contributed by atoms with E-state index < -0.39 is 11.5 Å². The lowest BCUT2D eigenvalue weighted by molar-refractivity contribution is -0.947. The molecule has 0 aromatic heterocycles. The molecule has 5 nitrogen and oxygen atoms in total. The van der Waals surface area contributed by atoms with E-state index in [9.17, 15) is 14.0 Å². The maximum Gasteiger partial charge on any atom is 0.291 e. The molecule has 3 aliphatic heterocycles. The van der Waals surface area contributed by atoms with Crippen LogP contribution in [0.5, 0.6) is 0 Å². The van der Waals surface area contributed by atoms with Crippen LogP contribution >= 0.6 is 0 Å². The lowest BCUT2D eigenvalue weighted by atomic mass is 9.78. The van der Waals surface area contributed by atoms with Crippen molar-refractivity contribution in [1.29, 1.82) is 0 Å². The van der Waals surface area contributed by atoms with Crippen LogP contribution < -0.4 is 15.5 Å². The highest BCUT2D eigenvalue weighted by atomic mass is 19.1. The first-order valence-corrected chi connectivity index (χ1v) is 9.85. The third-order valence-electron chi connectivity index (χ3n) is 6.68. The van der Waals surface area contributed by atoms with Crippen LogP contribution in [0, 0.1) is 18.7 Å². The molecular formula is C22H23FN3O2+. The van der Waals surface area contributed by atoms with Crippen LogP contribution in [0.3, 0.4) is 0 Å². The summed E-state index contributed by atoms with van der Waals surface area (Å²) in [6.45, 7) is 2.90. The lowest BCUT2D eigenvalue weighted by Crippen LogP contribution is -3.19. The molecular weight excluding hydrogens is 357 g/mol. The average molecular weight is 380 g/mol. The van der Waals surface area contributed by atoms with Crippen LogP contribution in [0.1, 0.15) is 30.4 Å². The van der Waals surface area contributed by atoms with Gasteiger partial charge in [-0.05, 0) is 43.3 Å². The van der Waals surface area contributed by atoms with Crippen LogP contribution in [-0.2, 0) is 15.1 Å². The monoisotopic (exact) mass is 380 g/mol. The number of nitrogens with one attached hydrogen (secondary N) is 3. The zero-order valence-electron chi connectivity index (χ0n) is 15.7. The summed E-state index contributed by atoms with van der Waals surface area (Å²) in [5.74, 6) is -1.05. The fourth-order valence-corrected chi connectivity index (χ4v) is 5.55. The molecule has 2 saturated heterocycles. The maximum absolute atomic E-state index is 13.4. The van der Waals surface area contributed by atoms with Gasteiger partial charge in [-0.25, -0.2) is 4.39 Å². The van der Waals surface area contributed by atoms with E-state index in [1.165, 1.54) is 17.0 Å². The molecule has 28 heavy (non-hydrogen) atoms. The van der Waals surface area contributed by atoms with Gasteiger partial charge in [-0.1, -0.05) is 11.6 Å². The highest BCUT2D eigenvalue weighted by molar-refractivity contribution is 6.09. The standard InChI is InChI=1S/C22H22FN3O2/c1-13-4-9-19-17(11-13)22(21(28)25-19)18(12-16-3-2-10-26(16)22)20(27)24-15-7-5-14(23)6-8-15/h4-9,11,16,18H,2-3,10,12H2,1H3,(H,24,27)(H,25,28)/p+1/t16-,18+,22-/m0/s1. The Bertz CT molecular complexity index is 974. The van der Waals surface area contributed by atoms with E-state index in [1.807, 2.05) is 19.1 Å². The molecule has 3 aliphatic rings. The normalized spacial score (nSPS) is 30.2. The van der Waals surface area contributed by atoms with E-state index in [0.29, 0.717) is 18.2 Å². The van der Waals surface area contributed by atoms with Crippen molar-refractivity contribution in [3.05, 3.63) is 59.4 Å². The molecule has 1 spiro atoms. The molecule has 0 aliphatic carbocycles. The number of carbonyl (C=O) groups excluding carboxylic acids is 2. The van der Waals surface area contributed by atoms with Gasteiger partial charge in [-0.15, -0.1) is 0 Å². The quantitative estimate of drug-likeness (QED) is 0.746. The first-order valence-electron chi connectivity index (χ1n) is 9.85. The third-order valence-corrected chi connectivity index (χ3v) is 6.68. The number of carbonyl (C=O) groups is 2. The Kier molecular flexibility index (Phi) is 3.81. The van der Waals surface area contributed by atoms with Gasteiger partial charge in [-0.2, -0.15) is 0 Å². The summed E-state index contributed by atoms with van der Waals surface area (Å²) in [6, 6.07) is 12.0. The maximum atomic E-state index is 13.4. The largest absolute Gasteiger partial charge is 0.326 e. The second-order valence-electron chi connectivity index (χ2n) is 8.21. The number of anilines is 2. The minimum atomic E-state index is -0.882. The minimum Gasteiger partial charge on any atom is -0.326 e. The van der Waals surface area contributed by atoms with Crippen molar-refractivity contribution < 1.29 is 18.9 Å². The van der Waals surface area contributed by atoms with Crippen LogP contribution in [-0.4, -0.2) is 24.4 Å². The Hall–Kier alpha value is -2.73. The Morgan fingerprint density at radius 1 is 1.25 bits per heavy atom. The van der Waals surface area contributed by atoms with Crippen LogP contribution in [0.4, 0.5) is 15.8 Å². The summed E-state index contributed by atoms with van der Waals surface area (Å²) in [4.78, 5) is 27.9. The smallest absolute Gasteiger partial charge is 0.291 e. The van der Waals surface area contributed by atoms with Gasteiger partial charge in [0.05, 0.1) is 18.3 Å². The van der Waals surface area contributed by atoms with E-state index in [1.54, 1.807) is 12.1 Å². The summed E-state index contributed by atoms with van der Waals surface area (Å²) in [5, 5.41) is 5.96. The van der Waals surface area contributed by atoms with E-state index in [-0.39, 0.29) is 17.6 Å². The molecule has 6 heteroatoms. The van der Waals surface area contributed by atoms with Crippen molar-refractivity contribution in [2.75, 3.05) is 17.2 Å². The molecule has 0 saturated carbocycles. The summed E-state index contributed by atoms with van der Waals surface area (Å²) >= 11 is 0. The molecule has 0 radical (unpaired) electrons. The van der Waals surface area contributed by atoms with Gasteiger partial charge >= 0.3 is 0 Å². The topological polar surface area (TPSA) is 62.6 Å². The zero-order chi connectivity index (χ0) is 19.5. The second-order valence-corrected chi connectivity index (χ2v) is 8.21. The zero-order valence-corrected chi connectivity index (χ0v) is 15.7.